The van der Waals surface area contributed by atoms with Gasteiger partial charge in [0.2, 0.25) is 0 Å². The number of ether oxygens (including phenoxy) is 3. The Morgan fingerprint density at radius 1 is 1.10 bits per heavy atom. The molecule has 0 saturated carbocycles. The monoisotopic (exact) mass is 426 g/mol. The van der Waals surface area contributed by atoms with Gasteiger partial charge in [-0.05, 0) is 56.2 Å². The first-order valence-corrected chi connectivity index (χ1v) is 10.7. The highest BCUT2D eigenvalue weighted by molar-refractivity contribution is 5.95. The summed E-state index contributed by atoms with van der Waals surface area (Å²) in [5.74, 6) is -0.0112. The van der Waals surface area contributed by atoms with Gasteiger partial charge in [-0.3, -0.25) is 9.59 Å². The van der Waals surface area contributed by atoms with Gasteiger partial charge in [0.25, 0.3) is 5.91 Å². The van der Waals surface area contributed by atoms with Crippen LogP contribution in [0.25, 0.3) is 0 Å². The third-order valence-electron chi connectivity index (χ3n) is 5.06. The molecule has 1 aliphatic rings. The zero-order valence-corrected chi connectivity index (χ0v) is 18.1. The maximum atomic E-state index is 12.4. The van der Waals surface area contributed by atoms with Crippen LogP contribution in [0.5, 0.6) is 5.75 Å². The molecular weight excluding hydrogens is 396 g/mol. The molecule has 0 unspecified atom stereocenters. The number of para-hydroxylation sites is 1. The minimum Gasteiger partial charge on any atom is -0.494 e. The quantitative estimate of drug-likeness (QED) is 0.619. The van der Waals surface area contributed by atoms with Gasteiger partial charge in [-0.15, -0.1) is 0 Å². The van der Waals surface area contributed by atoms with Gasteiger partial charge in [0.1, 0.15) is 5.75 Å². The fourth-order valence-electron chi connectivity index (χ4n) is 3.37. The number of anilines is 2. The van der Waals surface area contributed by atoms with Crippen LogP contribution in [0.3, 0.4) is 0 Å². The smallest absolute Gasteiger partial charge is 0.306 e. The van der Waals surface area contributed by atoms with Gasteiger partial charge in [-0.1, -0.05) is 18.2 Å². The Kier molecular flexibility index (Phi) is 8.29. The van der Waals surface area contributed by atoms with Crippen molar-refractivity contribution in [2.75, 3.05) is 43.1 Å². The second-order valence-electron chi connectivity index (χ2n) is 7.31. The molecule has 1 amide bonds. The first kappa shape index (κ1) is 22.6. The fraction of sp³-hybridized carbons (Fsp3) is 0.417. The highest BCUT2D eigenvalue weighted by Gasteiger charge is 2.19. The van der Waals surface area contributed by atoms with Crippen LogP contribution in [0.1, 0.15) is 25.8 Å². The Labute approximate surface area is 183 Å². The van der Waals surface area contributed by atoms with E-state index in [9.17, 15) is 9.59 Å². The number of morpholine rings is 1. The van der Waals surface area contributed by atoms with Crippen LogP contribution in [-0.2, 0) is 25.5 Å². The molecule has 3 rings (SSSR count). The van der Waals surface area contributed by atoms with Crippen molar-refractivity contribution in [3.05, 3.63) is 54.1 Å². The van der Waals surface area contributed by atoms with E-state index in [1.807, 2.05) is 55.5 Å². The number of nitrogens with zero attached hydrogens (tertiary/aromatic N) is 1. The lowest BCUT2D eigenvalue weighted by atomic mass is 10.1. The molecule has 2 aromatic carbocycles. The number of benzene rings is 2. The summed E-state index contributed by atoms with van der Waals surface area (Å²) in [6.45, 7) is 7.20. The molecule has 7 heteroatoms. The normalized spacial score (nSPS) is 14.6. The zero-order valence-electron chi connectivity index (χ0n) is 18.1. The van der Waals surface area contributed by atoms with E-state index in [0.717, 1.165) is 43.3 Å². The number of nitrogens with one attached hydrogen (secondary N) is 1. The Balaban J connectivity index is 1.46. The average Bonchev–Trinajstić information content (AvgIpc) is 2.80. The van der Waals surface area contributed by atoms with Crippen molar-refractivity contribution in [1.29, 1.82) is 0 Å². The summed E-state index contributed by atoms with van der Waals surface area (Å²) in [4.78, 5) is 26.9. The van der Waals surface area contributed by atoms with Crippen LogP contribution in [0, 0.1) is 0 Å². The van der Waals surface area contributed by atoms with E-state index in [4.69, 9.17) is 14.2 Å². The maximum absolute atomic E-state index is 12.4. The molecule has 0 radical (unpaired) electrons. The summed E-state index contributed by atoms with van der Waals surface area (Å²) in [5, 5.41) is 2.80. The van der Waals surface area contributed by atoms with E-state index < -0.39 is 12.1 Å². The third kappa shape index (κ3) is 6.72. The van der Waals surface area contributed by atoms with Crippen molar-refractivity contribution in [2.45, 2.75) is 32.8 Å². The van der Waals surface area contributed by atoms with Crippen LogP contribution >= 0.6 is 0 Å². The predicted molar refractivity (Wildman–Crippen MR) is 120 cm³/mol. The lowest BCUT2D eigenvalue weighted by Crippen LogP contribution is -2.36. The summed E-state index contributed by atoms with van der Waals surface area (Å²) in [5.41, 5.74) is 2.70. The van der Waals surface area contributed by atoms with Gasteiger partial charge >= 0.3 is 5.97 Å². The van der Waals surface area contributed by atoms with Crippen LogP contribution in [0.15, 0.2) is 48.5 Å². The largest absolute Gasteiger partial charge is 0.494 e. The van der Waals surface area contributed by atoms with Crippen molar-refractivity contribution in [1.82, 2.24) is 0 Å². The zero-order chi connectivity index (χ0) is 22.1. The Bertz CT molecular complexity index is 863. The highest BCUT2D eigenvalue weighted by atomic mass is 16.5. The minimum atomic E-state index is -0.881. The lowest BCUT2D eigenvalue weighted by molar-refractivity contribution is -0.153. The summed E-state index contributed by atoms with van der Waals surface area (Å²) < 4.78 is 16.3. The van der Waals surface area contributed by atoms with Crippen molar-refractivity contribution in [3.8, 4) is 5.75 Å². The lowest BCUT2D eigenvalue weighted by Gasteiger charge is -2.28. The van der Waals surface area contributed by atoms with Gasteiger partial charge in [-0.2, -0.15) is 0 Å². The second-order valence-corrected chi connectivity index (χ2v) is 7.31. The molecule has 1 aliphatic heterocycles. The molecule has 1 heterocycles. The number of rotatable bonds is 9. The van der Waals surface area contributed by atoms with Crippen molar-refractivity contribution in [3.63, 3.8) is 0 Å². The SMILES string of the molecule is CCOc1ccccc1CCC(=O)O[C@@H](C)C(=O)Nc1ccc(N2CCOCC2)cc1. The van der Waals surface area contributed by atoms with Gasteiger partial charge in [0.15, 0.2) is 6.10 Å². The molecule has 0 aromatic heterocycles. The number of aryl methyl sites for hydroxylation is 1. The average molecular weight is 427 g/mol. The minimum absolute atomic E-state index is 0.177. The Morgan fingerprint density at radius 3 is 2.52 bits per heavy atom. The predicted octanol–water partition coefficient (Wildman–Crippen LogP) is 3.42. The van der Waals surface area contributed by atoms with Crippen LogP contribution in [-0.4, -0.2) is 50.9 Å². The molecule has 1 N–H and O–H groups in total. The Hall–Kier alpha value is -3.06. The third-order valence-corrected chi connectivity index (χ3v) is 5.06. The first-order chi connectivity index (χ1) is 15.1. The molecule has 1 saturated heterocycles. The Morgan fingerprint density at radius 2 is 1.81 bits per heavy atom. The van der Waals surface area contributed by atoms with E-state index >= 15 is 0 Å². The van der Waals surface area contributed by atoms with Crippen LogP contribution in [0.2, 0.25) is 0 Å². The van der Waals surface area contributed by atoms with E-state index in [-0.39, 0.29) is 12.3 Å². The van der Waals surface area contributed by atoms with E-state index in [1.165, 1.54) is 0 Å². The molecular formula is C24H30N2O5. The van der Waals surface area contributed by atoms with Gasteiger partial charge in [0.05, 0.1) is 19.8 Å². The standard InChI is InChI=1S/C24H30N2O5/c1-3-30-22-7-5-4-6-19(22)8-13-23(27)31-18(2)24(28)25-20-9-11-21(12-10-20)26-14-16-29-17-15-26/h4-7,9-12,18H,3,8,13-17H2,1-2H3,(H,25,28)/t18-/m0/s1. The molecule has 1 fully saturated rings. The summed E-state index contributed by atoms with van der Waals surface area (Å²) in [6, 6.07) is 15.2. The van der Waals surface area contributed by atoms with Crippen molar-refractivity contribution >= 4 is 23.3 Å². The fourth-order valence-corrected chi connectivity index (χ4v) is 3.37. The molecule has 0 spiro atoms. The van der Waals surface area contributed by atoms with E-state index in [1.54, 1.807) is 6.92 Å². The molecule has 2 aromatic rings. The molecule has 7 nitrogen and oxygen atoms in total. The van der Waals surface area contributed by atoms with Gasteiger partial charge < -0.3 is 24.4 Å². The number of hydrogen-bond acceptors (Lipinski definition) is 6. The first-order valence-electron chi connectivity index (χ1n) is 10.7. The van der Waals surface area contributed by atoms with Crippen molar-refractivity contribution < 1.29 is 23.8 Å². The highest BCUT2D eigenvalue weighted by Crippen LogP contribution is 2.21. The molecule has 31 heavy (non-hydrogen) atoms. The van der Waals surface area contributed by atoms with Crippen LogP contribution in [0.4, 0.5) is 11.4 Å². The van der Waals surface area contributed by atoms with Gasteiger partial charge in [0, 0.05) is 30.9 Å². The summed E-state index contributed by atoms with van der Waals surface area (Å²) in [7, 11) is 0. The molecule has 166 valence electrons. The van der Waals surface area contributed by atoms with Crippen LogP contribution < -0.4 is 15.0 Å². The van der Waals surface area contributed by atoms with E-state index in [0.29, 0.717) is 18.7 Å². The number of hydrogen-bond donors (Lipinski definition) is 1. The molecule has 1 atom stereocenters. The number of amides is 1. The maximum Gasteiger partial charge on any atom is 0.306 e. The van der Waals surface area contributed by atoms with Gasteiger partial charge in [-0.25, -0.2) is 0 Å². The second kappa shape index (κ2) is 11.4. The summed E-state index contributed by atoms with van der Waals surface area (Å²) >= 11 is 0. The summed E-state index contributed by atoms with van der Waals surface area (Å²) in [6.07, 6.45) is -0.212. The van der Waals surface area contributed by atoms with E-state index in [2.05, 4.69) is 10.2 Å². The number of carbonyl (C=O) groups is 2. The molecule has 0 aliphatic carbocycles. The number of esters is 1. The van der Waals surface area contributed by atoms with Crippen molar-refractivity contribution in [2.24, 2.45) is 0 Å². The number of carbonyl (C=O) groups excluding carboxylic acids is 2. The topological polar surface area (TPSA) is 77.1 Å². The molecule has 0 bridgehead atoms.